The van der Waals surface area contributed by atoms with Crippen molar-refractivity contribution in [3.05, 3.63) is 0 Å². The van der Waals surface area contributed by atoms with Gasteiger partial charge in [0, 0.05) is 16.8 Å². The molecule has 94 valence electrons. The molecule has 1 amide bonds. The molecule has 0 atom stereocenters. The molecule has 1 rings (SSSR count). The molecular formula is C12H24N2OS. The molecular weight excluding hydrogens is 220 g/mol. The van der Waals surface area contributed by atoms with E-state index in [2.05, 4.69) is 16.9 Å². The highest BCUT2D eigenvalue weighted by Gasteiger charge is 2.35. The summed E-state index contributed by atoms with van der Waals surface area (Å²) >= 11 is 1.93. The zero-order valence-corrected chi connectivity index (χ0v) is 11.7. The van der Waals surface area contributed by atoms with Crippen LogP contribution in [0.1, 0.15) is 40.0 Å². The van der Waals surface area contributed by atoms with Crippen LogP contribution < -0.4 is 10.6 Å². The van der Waals surface area contributed by atoms with Crippen LogP contribution >= 0.6 is 11.8 Å². The highest BCUT2D eigenvalue weighted by molar-refractivity contribution is 8.00. The summed E-state index contributed by atoms with van der Waals surface area (Å²) in [4.78, 5) is 11.6. The van der Waals surface area contributed by atoms with Gasteiger partial charge in [0.2, 0.25) is 5.91 Å². The molecule has 0 heterocycles. The van der Waals surface area contributed by atoms with E-state index >= 15 is 0 Å². The van der Waals surface area contributed by atoms with Gasteiger partial charge in [-0.2, -0.15) is 11.8 Å². The first-order valence-corrected chi connectivity index (χ1v) is 7.16. The molecule has 0 radical (unpaired) electrons. The fourth-order valence-corrected chi connectivity index (χ4v) is 2.83. The third kappa shape index (κ3) is 4.34. The van der Waals surface area contributed by atoms with Crippen molar-refractivity contribution in [2.45, 2.75) is 50.3 Å². The maximum atomic E-state index is 11.6. The molecule has 0 aromatic carbocycles. The Labute approximate surface area is 103 Å². The molecule has 16 heavy (non-hydrogen) atoms. The van der Waals surface area contributed by atoms with E-state index in [9.17, 15) is 4.79 Å². The van der Waals surface area contributed by atoms with Crippen molar-refractivity contribution in [2.75, 3.05) is 19.3 Å². The van der Waals surface area contributed by atoms with Crippen LogP contribution in [0.5, 0.6) is 0 Å². The molecule has 0 spiro atoms. The molecule has 2 N–H and O–H groups in total. The van der Waals surface area contributed by atoms with Crippen LogP contribution in [0.3, 0.4) is 0 Å². The second kappa shape index (κ2) is 5.41. The van der Waals surface area contributed by atoms with Crippen LogP contribution in [0.2, 0.25) is 0 Å². The number of hydrogen-bond acceptors (Lipinski definition) is 3. The Morgan fingerprint density at radius 1 is 1.38 bits per heavy atom. The topological polar surface area (TPSA) is 41.1 Å². The maximum absolute atomic E-state index is 11.6. The van der Waals surface area contributed by atoms with Gasteiger partial charge >= 0.3 is 0 Å². The zero-order valence-electron chi connectivity index (χ0n) is 10.9. The van der Waals surface area contributed by atoms with Gasteiger partial charge in [0.1, 0.15) is 0 Å². The summed E-state index contributed by atoms with van der Waals surface area (Å²) < 4.78 is 0.405. The van der Waals surface area contributed by atoms with Crippen molar-refractivity contribution in [1.29, 1.82) is 0 Å². The highest BCUT2D eigenvalue weighted by atomic mass is 32.2. The van der Waals surface area contributed by atoms with Crippen LogP contribution in [0.25, 0.3) is 0 Å². The van der Waals surface area contributed by atoms with Crippen molar-refractivity contribution in [1.82, 2.24) is 10.6 Å². The molecule has 3 nitrogen and oxygen atoms in total. The van der Waals surface area contributed by atoms with Gasteiger partial charge in [-0.3, -0.25) is 4.79 Å². The standard InChI is InChI=1S/C12H24N2OS/c1-11(2,3)14-10(15)8-13-9-12(16-4)6-5-7-12/h13H,5-9H2,1-4H3,(H,14,15). The van der Waals surface area contributed by atoms with Crippen molar-refractivity contribution < 1.29 is 4.79 Å². The van der Waals surface area contributed by atoms with Crippen LogP contribution in [0.15, 0.2) is 0 Å². The lowest BCUT2D eigenvalue weighted by Gasteiger charge is -2.40. The van der Waals surface area contributed by atoms with E-state index in [0.717, 1.165) is 6.54 Å². The second-order valence-corrected chi connectivity index (χ2v) is 6.92. The molecule has 0 aromatic heterocycles. The lowest BCUT2D eigenvalue weighted by molar-refractivity contribution is -0.121. The van der Waals surface area contributed by atoms with Crippen molar-refractivity contribution >= 4 is 17.7 Å². The average molecular weight is 244 g/mol. The lowest BCUT2D eigenvalue weighted by Crippen LogP contribution is -2.49. The number of nitrogens with one attached hydrogen (secondary N) is 2. The predicted molar refractivity (Wildman–Crippen MR) is 70.9 cm³/mol. The molecule has 1 aliphatic rings. The Kier molecular flexibility index (Phi) is 4.68. The smallest absolute Gasteiger partial charge is 0.234 e. The minimum Gasteiger partial charge on any atom is -0.350 e. The fourth-order valence-electron chi connectivity index (χ4n) is 1.89. The van der Waals surface area contributed by atoms with Crippen LogP contribution in [0, 0.1) is 0 Å². The van der Waals surface area contributed by atoms with Gasteiger partial charge in [-0.05, 0) is 39.9 Å². The molecule has 1 aliphatic carbocycles. The summed E-state index contributed by atoms with van der Waals surface area (Å²) in [5.41, 5.74) is -0.133. The van der Waals surface area contributed by atoms with E-state index in [0.29, 0.717) is 11.3 Å². The van der Waals surface area contributed by atoms with E-state index in [1.54, 1.807) is 0 Å². The SMILES string of the molecule is CSC1(CNCC(=O)NC(C)(C)C)CCC1. The fraction of sp³-hybridized carbons (Fsp3) is 0.917. The summed E-state index contributed by atoms with van der Waals surface area (Å²) in [6.07, 6.45) is 6.05. The Morgan fingerprint density at radius 2 is 2.00 bits per heavy atom. The highest BCUT2D eigenvalue weighted by Crippen LogP contribution is 2.41. The molecule has 0 bridgehead atoms. The first-order chi connectivity index (χ1) is 7.37. The zero-order chi connectivity index (χ0) is 12.2. The monoisotopic (exact) mass is 244 g/mol. The Morgan fingerprint density at radius 3 is 2.38 bits per heavy atom. The van der Waals surface area contributed by atoms with Gasteiger partial charge in [-0.25, -0.2) is 0 Å². The summed E-state index contributed by atoms with van der Waals surface area (Å²) in [6, 6.07) is 0. The number of carbonyl (C=O) groups excluding carboxylic acids is 1. The Hall–Kier alpha value is -0.220. The van der Waals surface area contributed by atoms with Gasteiger partial charge in [0.15, 0.2) is 0 Å². The third-order valence-corrected chi connectivity index (χ3v) is 4.36. The number of hydrogen-bond donors (Lipinski definition) is 2. The van der Waals surface area contributed by atoms with Gasteiger partial charge in [0.05, 0.1) is 6.54 Å². The van der Waals surface area contributed by atoms with Crippen LogP contribution in [-0.2, 0) is 4.79 Å². The van der Waals surface area contributed by atoms with E-state index in [1.807, 2.05) is 32.5 Å². The van der Waals surface area contributed by atoms with Crippen LogP contribution in [0.4, 0.5) is 0 Å². The van der Waals surface area contributed by atoms with Crippen molar-refractivity contribution in [3.8, 4) is 0 Å². The van der Waals surface area contributed by atoms with Gasteiger partial charge < -0.3 is 10.6 Å². The van der Waals surface area contributed by atoms with Crippen LogP contribution in [-0.4, -0.2) is 35.5 Å². The number of carbonyl (C=O) groups is 1. The average Bonchev–Trinajstić information content (AvgIpc) is 2.06. The predicted octanol–water partition coefficient (Wildman–Crippen LogP) is 1.78. The second-order valence-electron chi connectivity index (χ2n) is 5.64. The van der Waals surface area contributed by atoms with E-state index < -0.39 is 0 Å². The maximum Gasteiger partial charge on any atom is 0.234 e. The minimum atomic E-state index is -0.133. The summed E-state index contributed by atoms with van der Waals surface area (Å²) in [5, 5.41) is 6.22. The van der Waals surface area contributed by atoms with E-state index in [1.165, 1.54) is 19.3 Å². The first kappa shape index (κ1) is 13.8. The van der Waals surface area contributed by atoms with Crippen molar-refractivity contribution in [2.24, 2.45) is 0 Å². The largest absolute Gasteiger partial charge is 0.350 e. The molecule has 0 aliphatic heterocycles. The lowest BCUT2D eigenvalue weighted by atomic mass is 9.84. The molecule has 0 unspecified atom stereocenters. The van der Waals surface area contributed by atoms with Gasteiger partial charge in [-0.15, -0.1) is 0 Å². The molecule has 1 saturated carbocycles. The quantitative estimate of drug-likeness (QED) is 0.774. The summed E-state index contributed by atoms with van der Waals surface area (Å²) in [5.74, 6) is 0.0862. The number of thioether (sulfide) groups is 1. The minimum absolute atomic E-state index is 0.0862. The van der Waals surface area contributed by atoms with Gasteiger partial charge in [0.25, 0.3) is 0 Å². The molecule has 4 heteroatoms. The van der Waals surface area contributed by atoms with E-state index in [4.69, 9.17) is 0 Å². The number of amides is 1. The first-order valence-electron chi connectivity index (χ1n) is 5.94. The Bertz CT molecular complexity index is 238. The van der Waals surface area contributed by atoms with Crippen molar-refractivity contribution in [3.63, 3.8) is 0 Å². The third-order valence-electron chi connectivity index (χ3n) is 2.94. The summed E-state index contributed by atoms with van der Waals surface area (Å²) in [6.45, 7) is 7.38. The summed E-state index contributed by atoms with van der Waals surface area (Å²) in [7, 11) is 0. The number of rotatable bonds is 5. The Balaban J connectivity index is 2.18. The molecule has 0 saturated heterocycles. The van der Waals surface area contributed by atoms with Gasteiger partial charge in [-0.1, -0.05) is 6.42 Å². The van der Waals surface area contributed by atoms with E-state index in [-0.39, 0.29) is 11.4 Å². The molecule has 1 fully saturated rings. The molecule has 0 aromatic rings. The normalized spacial score (nSPS) is 19.0.